The van der Waals surface area contributed by atoms with Gasteiger partial charge in [-0.15, -0.1) is 11.8 Å². The lowest BCUT2D eigenvalue weighted by Crippen LogP contribution is -2.64. The minimum absolute atomic E-state index is 0. The molecule has 0 radical (unpaired) electrons. The van der Waals surface area contributed by atoms with Crippen LogP contribution in [0.1, 0.15) is 66.8 Å². The molecule has 0 spiro atoms. The molecule has 45 heavy (non-hydrogen) atoms. The van der Waals surface area contributed by atoms with E-state index < -0.39 is 53.2 Å². The summed E-state index contributed by atoms with van der Waals surface area (Å²) in [6, 6.07) is 10.9. The van der Waals surface area contributed by atoms with E-state index in [1.165, 1.54) is 28.7 Å². The van der Waals surface area contributed by atoms with Gasteiger partial charge in [-0.05, 0) is 50.5 Å². The van der Waals surface area contributed by atoms with Gasteiger partial charge in [0.1, 0.15) is 6.17 Å². The highest BCUT2D eigenvalue weighted by atomic mass is 32.2. The number of thioether (sulfide) groups is 1. The summed E-state index contributed by atoms with van der Waals surface area (Å²) < 4.78 is 42.2. The number of hydrogen-bond acceptors (Lipinski definition) is 7. The van der Waals surface area contributed by atoms with Crippen molar-refractivity contribution >= 4 is 23.8 Å². The molecule has 12 heteroatoms. The molecule has 2 N–H and O–H groups in total. The van der Waals surface area contributed by atoms with Gasteiger partial charge in [0.2, 0.25) is 11.2 Å². The van der Waals surface area contributed by atoms with E-state index in [2.05, 4.69) is 0 Å². The number of aromatic nitrogens is 1. The molecule has 1 saturated heterocycles. The van der Waals surface area contributed by atoms with E-state index in [0.29, 0.717) is 24.9 Å². The number of fused-ring (bicyclic) bond motifs is 4. The van der Waals surface area contributed by atoms with Gasteiger partial charge in [0.25, 0.3) is 5.91 Å². The van der Waals surface area contributed by atoms with Crippen molar-refractivity contribution < 1.29 is 33.3 Å². The van der Waals surface area contributed by atoms with E-state index >= 15 is 4.39 Å². The van der Waals surface area contributed by atoms with Gasteiger partial charge < -0.3 is 19.8 Å². The Kier molecular flexibility index (Phi) is 9.17. The first-order valence-corrected chi connectivity index (χ1v) is 15.4. The van der Waals surface area contributed by atoms with Gasteiger partial charge in [0.05, 0.1) is 12.1 Å². The third-order valence-electron chi connectivity index (χ3n) is 7.95. The van der Waals surface area contributed by atoms with Crippen molar-refractivity contribution in [3.05, 3.63) is 117 Å². The number of pyridine rings is 1. The Labute approximate surface area is 263 Å². The summed E-state index contributed by atoms with van der Waals surface area (Å²) in [6.45, 7) is 5.53. The highest BCUT2D eigenvalue weighted by Gasteiger charge is 2.47. The highest BCUT2D eigenvalue weighted by molar-refractivity contribution is 7.98. The first-order valence-electron chi connectivity index (χ1n) is 14.4. The monoisotopic (exact) mass is 637 g/mol. The van der Waals surface area contributed by atoms with Crippen LogP contribution in [0.25, 0.3) is 0 Å². The Morgan fingerprint density at radius 3 is 2.62 bits per heavy atom. The first kappa shape index (κ1) is 32.0. The molecule has 3 aliphatic rings. The van der Waals surface area contributed by atoms with Gasteiger partial charge >= 0.3 is 6.16 Å². The van der Waals surface area contributed by atoms with Crippen molar-refractivity contribution in [2.24, 2.45) is 0 Å². The van der Waals surface area contributed by atoms with E-state index in [4.69, 9.17) is 9.47 Å². The number of carbonyl (C=O) groups excluding carboxylic acids is 2. The number of rotatable bonds is 4. The van der Waals surface area contributed by atoms with E-state index in [1.807, 2.05) is 54.4 Å². The number of nitrogens with zero attached hydrogens (tertiary/aromatic N) is 3. The van der Waals surface area contributed by atoms with Crippen LogP contribution in [0.4, 0.5) is 13.6 Å². The summed E-state index contributed by atoms with van der Waals surface area (Å²) in [5.41, 5.74) is 1.87. The van der Waals surface area contributed by atoms with Crippen molar-refractivity contribution in [1.82, 2.24) is 9.58 Å². The molecule has 4 heterocycles. The van der Waals surface area contributed by atoms with Gasteiger partial charge in [-0.2, -0.15) is 0 Å². The number of benzene rings is 2. The average Bonchev–Trinajstić information content (AvgIpc) is 3.16. The minimum atomic E-state index is -1.11. The Morgan fingerprint density at radius 1 is 1.09 bits per heavy atom. The fraction of sp³-hybridized carbons (Fsp3) is 0.303. The standard InChI is InChI=1S/C33H31F2N3O5S.H2O/c1-4-5-8-20-13-15-36-27(17-20)38(37-16-14-25(39)31(30(37)32(36)40)43-33(41)42-19(2)3)29-21-11-12-24(34)28(35)23(21)18-44-26-10-7-6-9-22(26)29;/h4-12,14,16,19,27,29H,13,15,17-18H2,1-3H3;1H2/b5-4-,20-8-;/t27-,29+;/m1./s1. The summed E-state index contributed by atoms with van der Waals surface area (Å²) in [7, 11) is 0. The maximum absolute atomic E-state index is 15.5. The van der Waals surface area contributed by atoms with Crippen molar-refractivity contribution in [3.8, 4) is 5.75 Å². The molecule has 0 bridgehead atoms. The molecule has 3 aromatic rings. The van der Waals surface area contributed by atoms with Crippen LogP contribution in [0.5, 0.6) is 5.75 Å². The largest absolute Gasteiger partial charge is 0.514 e. The van der Waals surface area contributed by atoms with Gasteiger partial charge in [-0.25, -0.2) is 13.6 Å². The van der Waals surface area contributed by atoms with Gasteiger partial charge in [0, 0.05) is 41.4 Å². The molecule has 236 valence electrons. The molecule has 3 aliphatic heterocycles. The lowest BCUT2D eigenvalue weighted by atomic mass is 9.91. The summed E-state index contributed by atoms with van der Waals surface area (Å²) >= 11 is 1.41. The zero-order valence-corrected chi connectivity index (χ0v) is 25.8. The molecule has 0 unspecified atom stereocenters. The summed E-state index contributed by atoms with van der Waals surface area (Å²) in [4.78, 5) is 42.5. The molecular formula is C33H33F2N3O6S. The molecule has 2 atom stereocenters. The second-order valence-corrected chi connectivity index (χ2v) is 12.1. The topological polar surface area (TPSA) is 113 Å². The molecule has 9 nitrogen and oxygen atoms in total. The van der Waals surface area contributed by atoms with E-state index in [-0.39, 0.29) is 22.5 Å². The fourth-order valence-electron chi connectivity index (χ4n) is 6.04. The second kappa shape index (κ2) is 12.9. The molecule has 6 rings (SSSR count). The van der Waals surface area contributed by atoms with E-state index in [1.54, 1.807) is 24.8 Å². The second-order valence-electron chi connectivity index (χ2n) is 11.0. The zero-order valence-electron chi connectivity index (χ0n) is 25.0. The third kappa shape index (κ3) is 5.75. The smallest absolute Gasteiger partial charge is 0.431 e. The quantitative estimate of drug-likeness (QED) is 0.341. The predicted octanol–water partition coefficient (Wildman–Crippen LogP) is 5.64. The van der Waals surface area contributed by atoms with Crippen molar-refractivity contribution in [2.45, 2.75) is 62.6 Å². The number of piperidine rings is 1. The number of amides is 1. The average molecular weight is 638 g/mol. The van der Waals surface area contributed by atoms with Crippen LogP contribution in [0.15, 0.2) is 82.2 Å². The van der Waals surface area contributed by atoms with Crippen LogP contribution in [-0.4, -0.2) is 45.9 Å². The molecule has 0 aliphatic carbocycles. The van der Waals surface area contributed by atoms with Gasteiger partial charge in [-0.3, -0.25) is 19.3 Å². The lowest BCUT2D eigenvalue weighted by molar-refractivity contribution is 0.0499. The van der Waals surface area contributed by atoms with Gasteiger partial charge in [-0.1, -0.05) is 48.1 Å². The van der Waals surface area contributed by atoms with Crippen LogP contribution in [0.3, 0.4) is 0 Å². The minimum Gasteiger partial charge on any atom is -0.431 e. The molecule has 2 aromatic carbocycles. The Morgan fingerprint density at radius 2 is 1.87 bits per heavy atom. The Bertz CT molecular complexity index is 1770. The number of halogens is 2. The van der Waals surface area contributed by atoms with Crippen molar-refractivity contribution in [2.75, 3.05) is 11.6 Å². The van der Waals surface area contributed by atoms with Crippen LogP contribution in [0.2, 0.25) is 0 Å². The van der Waals surface area contributed by atoms with E-state index in [0.717, 1.165) is 22.1 Å². The Balaban J connectivity index is 0.00000400. The van der Waals surface area contributed by atoms with E-state index in [9.17, 15) is 18.8 Å². The summed E-state index contributed by atoms with van der Waals surface area (Å²) in [6.07, 6.45) is 6.22. The molecule has 1 aromatic heterocycles. The van der Waals surface area contributed by atoms with Crippen LogP contribution in [-0.2, 0) is 10.5 Å². The number of allylic oxidation sites excluding steroid dienone is 3. The summed E-state index contributed by atoms with van der Waals surface area (Å²) in [5.74, 6) is -2.60. The summed E-state index contributed by atoms with van der Waals surface area (Å²) in [5, 5.41) is 1.92. The molecular weight excluding hydrogens is 604 g/mol. The van der Waals surface area contributed by atoms with Crippen LogP contribution in [0, 0.1) is 11.6 Å². The van der Waals surface area contributed by atoms with Gasteiger partial charge in [0.15, 0.2) is 17.3 Å². The fourth-order valence-corrected chi connectivity index (χ4v) is 7.15. The van der Waals surface area contributed by atoms with Crippen LogP contribution >= 0.6 is 11.8 Å². The van der Waals surface area contributed by atoms with Crippen molar-refractivity contribution in [3.63, 3.8) is 0 Å². The highest BCUT2D eigenvalue weighted by Crippen LogP contribution is 2.46. The normalized spacial score (nSPS) is 19.8. The molecule has 0 saturated carbocycles. The third-order valence-corrected chi connectivity index (χ3v) is 9.07. The van der Waals surface area contributed by atoms with Crippen molar-refractivity contribution in [1.29, 1.82) is 0 Å². The zero-order chi connectivity index (χ0) is 31.1. The first-order chi connectivity index (χ1) is 21.2. The molecule has 1 fully saturated rings. The maximum Gasteiger partial charge on any atom is 0.514 e. The number of carbonyl (C=O) groups is 2. The Hall–Kier alpha value is -4.42. The number of ether oxygens (including phenoxy) is 2. The molecule has 1 amide bonds. The lowest BCUT2D eigenvalue weighted by Gasteiger charge is -2.52. The van der Waals surface area contributed by atoms with Crippen LogP contribution < -0.4 is 15.2 Å². The predicted molar refractivity (Wildman–Crippen MR) is 166 cm³/mol. The number of hydrogen-bond donors (Lipinski definition) is 0. The maximum atomic E-state index is 15.5. The SMILES string of the molecule is C/C=C\C=C1\CCN2C(=O)c3c(OC(=O)OC(C)C)c(=O)ccn3N([C@@H]3c4ccccc4SCc4c3ccc(F)c4F)[C@@H]2C1.O.